The fourth-order valence-electron chi connectivity index (χ4n) is 2.65. The van der Waals surface area contributed by atoms with Crippen LogP contribution in [0.15, 0.2) is 36.4 Å². The number of halogens is 4. The molecule has 0 radical (unpaired) electrons. The van der Waals surface area contributed by atoms with E-state index in [0.717, 1.165) is 30.5 Å². The number of rotatable bonds is 6. The van der Waals surface area contributed by atoms with Gasteiger partial charge in [-0.25, -0.2) is 0 Å². The van der Waals surface area contributed by atoms with Crippen molar-refractivity contribution < 1.29 is 22.8 Å². The summed E-state index contributed by atoms with van der Waals surface area (Å²) >= 11 is 5.57. The van der Waals surface area contributed by atoms with Crippen LogP contribution in [0.3, 0.4) is 0 Å². The van der Waals surface area contributed by atoms with Gasteiger partial charge in [-0.3, -0.25) is 9.59 Å². The minimum absolute atomic E-state index is 0.0113. The summed E-state index contributed by atoms with van der Waals surface area (Å²) in [6, 6.07) is 8.50. The first-order valence-corrected chi connectivity index (χ1v) is 9.33. The summed E-state index contributed by atoms with van der Waals surface area (Å²) in [5.41, 5.74) is 0.859. The lowest BCUT2D eigenvalue weighted by Gasteiger charge is -2.13. The maximum atomic E-state index is 12.9. The van der Waals surface area contributed by atoms with E-state index in [9.17, 15) is 22.8 Å². The van der Waals surface area contributed by atoms with Crippen LogP contribution in [-0.4, -0.2) is 24.4 Å². The second kappa shape index (κ2) is 8.32. The monoisotopic (exact) mass is 425 g/mol. The van der Waals surface area contributed by atoms with Gasteiger partial charge >= 0.3 is 6.18 Å². The van der Waals surface area contributed by atoms with E-state index in [-0.39, 0.29) is 24.2 Å². The topological polar surface area (TPSA) is 70.2 Å². The first kappa shape index (κ1) is 21.0. The van der Waals surface area contributed by atoms with Gasteiger partial charge in [-0.2, -0.15) is 13.2 Å². The minimum Gasteiger partial charge on any atom is -0.376 e. The Morgan fingerprint density at radius 2 is 1.86 bits per heavy atom. The van der Waals surface area contributed by atoms with Crippen LogP contribution in [0.1, 0.15) is 34.3 Å². The van der Waals surface area contributed by atoms with Gasteiger partial charge in [0.25, 0.3) is 5.91 Å². The average Bonchev–Trinajstić information content (AvgIpc) is 3.45. The first-order valence-electron chi connectivity index (χ1n) is 8.95. The number of benzene rings is 2. The zero-order chi connectivity index (χ0) is 21.2. The highest BCUT2D eigenvalue weighted by atomic mass is 35.5. The highest BCUT2D eigenvalue weighted by Crippen LogP contribution is 2.36. The molecule has 3 rings (SSSR count). The van der Waals surface area contributed by atoms with Crippen molar-refractivity contribution in [3.05, 3.63) is 58.1 Å². The van der Waals surface area contributed by atoms with Crippen molar-refractivity contribution in [3.8, 4) is 0 Å². The Balaban J connectivity index is 1.63. The highest BCUT2D eigenvalue weighted by Gasteiger charge is 2.33. The van der Waals surface area contributed by atoms with Crippen molar-refractivity contribution in [2.75, 3.05) is 17.2 Å². The maximum Gasteiger partial charge on any atom is 0.417 e. The summed E-state index contributed by atoms with van der Waals surface area (Å²) in [4.78, 5) is 24.3. The zero-order valence-electron chi connectivity index (χ0n) is 15.5. The fourth-order valence-corrected chi connectivity index (χ4v) is 2.88. The molecule has 2 aromatic rings. The number of nitrogens with one attached hydrogen (secondary N) is 3. The Kier molecular flexibility index (Phi) is 6.02. The summed E-state index contributed by atoms with van der Waals surface area (Å²) in [5.74, 6) is -0.714. The van der Waals surface area contributed by atoms with Crippen LogP contribution >= 0.6 is 11.6 Å². The molecule has 0 atom stereocenters. The summed E-state index contributed by atoms with van der Waals surface area (Å²) in [5, 5.41) is 7.77. The van der Waals surface area contributed by atoms with E-state index in [1.54, 1.807) is 18.2 Å². The van der Waals surface area contributed by atoms with Crippen LogP contribution in [0.25, 0.3) is 0 Å². The number of alkyl halides is 3. The molecule has 0 aromatic heterocycles. The fraction of sp³-hybridized carbons (Fsp3) is 0.300. The molecule has 29 heavy (non-hydrogen) atoms. The van der Waals surface area contributed by atoms with Crippen LogP contribution in [0, 0.1) is 6.92 Å². The molecule has 9 heteroatoms. The Morgan fingerprint density at radius 1 is 1.14 bits per heavy atom. The summed E-state index contributed by atoms with van der Waals surface area (Å²) in [7, 11) is 0. The molecular weight excluding hydrogens is 407 g/mol. The molecule has 2 amide bonds. The molecule has 1 saturated carbocycles. The van der Waals surface area contributed by atoms with Gasteiger partial charge in [0, 0.05) is 23.0 Å². The van der Waals surface area contributed by atoms with Crippen LogP contribution in [-0.2, 0) is 11.0 Å². The van der Waals surface area contributed by atoms with Crippen molar-refractivity contribution >= 4 is 34.8 Å². The van der Waals surface area contributed by atoms with Crippen molar-refractivity contribution in [2.24, 2.45) is 0 Å². The van der Waals surface area contributed by atoms with Crippen LogP contribution in [0.5, 0.6) is 0 Å². The highest BCUT2D eigenvalue weighted by molar-refractivity contribution is 6.31. The van der Waals surface area contributed by atoms with Crippen molar-refractivity contribution in [1.29, 1.82) is 0 Å². The van der Waals surface area contributed by atoms with Gasteiger partial charge in [0.15, 0.2) is 0 Å². The molecule has 3 N–H and O–H groups in total. The predicted molar refractivity (Wildman–Crippen MR) is 105 cm³/mol. The minimum atomic E-state index is -4.62. The molecule has 0 bridgehead atoms. The summed E-state index contributed by atoms with van der Waals surface area (Å²) < 4.78 is 38.8. The van der Waals surface area contributed by atoms with Gasteiger partial charge < -0.3 is 16.0 Å². The zero-order valence-corrected chi connectivity index (χ0v) is 16.2. The molecule has 5 nitrogen and oxygen atoms in total. The second-order valence-electron chi connectivity index (χ2n) is 6.87. The van der Waals surface area contributed by atoms with E-state index in [1.807, 2.05) is 6.92 Å². The second-order valence-corrected chi connectivity index (χ2v) is 7.28. The third kappa shape index (κ3) is 5.63. The standard InChI is InChI=1S/C20H19ClF3N3O2/c1-11-2-3-12(19(29)27-13-4-5-13)8-17(11)25-10-18(28)26-14-6-7-16(21)15(9-14)20(22,23)24/h2-3,6-9,13,25H,4-5,10H2,1H3,(H,26,28)(H,27,29). The Hall–Kier alpha value is -2.74. The Morgan fingerprint density at radius 3 is 2.52 bits per heavy atom. The maximum absolute atomic E-state index is 12.9. The van der Waals surface area contributed by atoms with E-state index >= 15 is 0 Å². The van der Waals surface area contributed by atoms with Crippen LogP contribution in [0.2, 0.25) is 5.02 Å². The molecule has 154 valence electrons. The number of carbonyl (C=O) groups is 2. The lowest BCUT2D eigenvalue weighted by molar-refractivity contribution is -0.137. The number of hydrogen-bond donors (Lipinski definition) is 3. The van der Waals surface area contributed by atoms with Gasteiger partial charge in [0.2, 0.25) is 5.91 Å². The molecule has 1 aliphatic carbocycles. The average molecular weight is 426 g/mol. The number of hydrogen-bond acceptors (Lipinski definition) is 3. The SMILES string of the molecule is Cc1ccc(C(=O)NC2CC2)cc1NCC(=O)Nc1ccc(Cl)c(C(F)(F)F)c1. The quantitative estimate of drug-likeness (QED) is 0.633. The number of amides is 2. The normalized spacial score (nSPS) is 13.7. The van der Waals surface area contributed by atoms with Crippen molar-refractivity contribution in [1.82, 2.24) is 5.32 Å². The van der Waals surface area contributed by atoms with Gasteiger partial charge in [0.05, 0.1) is 17.1 Å². The van der Waals surface area contributed by atoms with E-state index in [1.165, 1.54) is 6.07 Å². The van der Waals surface area contributed by atoms with Crippen LogP contribution in [0.4, 0.5) is 24.5 Å². The van der Waals surface area contributed by atoms with Gasteiger partial charge in [0.1, 0.15) is 0 Å². The molecular formula is C20H19ClF3N3O2. The number of carbonyl (C=O) groups excluding carboxylic acids is 2. The van der Waals surface area contributed by atoms with Crippen molar-refractivity contribution in [3.63, 3.8) is 0 Å². The third-order valence-electron chi connectivity index (χ3n) is 4.41. The number of anilines is 2. The van der Waals surface area contributed by atoms with E-state index < -0.39 is 22.7 Å². The molecule has 0 aliphatic heterocycles. The molecule has 1 aliphatic rings. The van der Waals surface area contributed by atoms with E-state index in [4.69, 9.17) is 11.6 Å². The molecule has 2 aromatic carbocycles. The van der Waals surface area contributed by atoms with E-state index in [0.29, 0.717) is 11.3 Å². The summed E-state index contributed by atoms with van der Waals surface area (Å²) in [6.07, 6.45) is -2.66. The Labute approximate surface area is 170 Å². The van der Waals surface area contributed by atoms with Gasteiger partial charge in [-0.15, -0.1) is 0 Å². The van der Waals surface area contributed by atoms with E-state index in [2.05, 4.69) is 16.0 Å². The smallest absolute Gasteiger partial charge is 0.376 e. The first-order chi connectivity index (χ1) is 13.6. The number of aryl methyl sites for hydroxylation is 1. The summed E-state index contributed by atoms with van der Waals surface area (Å²) in [6.45, 7) is 1.64. The predicted octanol–water partition coefficient (Wildman–Crippen LogP) is 4.61. The van der Waals surface area contributed by atoms with Gasteiger partial charge in [-0.1, -0.05) is 17.7 Å². The molecule has 0 heterocycles. The molecule has 0 saturated heterocycles. The van der Waals surface area contributed by atoms with Gasteiger partial charge in [-0.05, 0) is 55.7 Å². The molecule has 1 fully saturated rings. The molecule has 0 spiro atoms. The Bertz CT molecular complexity index is 943. The molecule has 0 unspecified atom stereocenters. The van der Waals surface area contributed by atoms with Crippen molar-refractivity contribution in [2.45, 2.75) is 32.0 Å². The van der Waals surface area contributed by atoms with Crippen LogP contribution < -0.4 is 16.0 Å². The largest absolute Gasteiger partial charge is 0.417 e. The lowest BCUT2D eigenvalue weighted by atomic mass is 10.1. The lowest BCUT2D eigenvalue weighted by Crippen LogP contribution is -2.26. The third-order valence-corrected chi connectivity index (χ3v) is 4.74.